The fraction of sp³-hybridized carbons (Fsp3) is 0.562. The molecule has 1 N–H and O–H groups in total. The maximum Gasteiger partial charge on any atom is 0.251 e. The highest BCUT2D eigenvalue weighted by atomic mass is 16.5. The fourth-order valence-corrected chi connectivity index (χ4v) is 2.60. The van der Waals surface area contributed by atoms with Crippen LogP contribution in [-0.2, 0) is 4.74 Å². The van der Waals surface area contributed by atoms with Crippen LogP contribution in [0.4, 0.5) is 0 Å². The van der Waals surface area contributed by atoms with Crippen LogP contribution in [0, 0.1) is 6.92 Å². The number of hydrogen-bond acceptors (Lipinski definition) is 3. The van der Waals surface area contributed by atoms with Crippen LogP contribution in [0.3, 0.4) is 0 Å². The normalized spacial score (nSPS) is 23.6. The summed E-state index contributed by atoms with van der Waals surface area (Å²) in [6.45, 7) is 9.61. The van der Waals surface area contributed by atoms with Gasteiger partial charge in [-0.05, 0) is 32.9 Å². The quantitative estimate of drug-likeness (QED) is 0.912. The number of carbonyl (C=O) groups is 1. The fourth-order valence-electron chi connectivity index (χ4n) is 2.60. The van der Waals surface area contributed by atoms with Crippen LogP contribution >= 0.6 is 0 Å². The Balaban J connectivity index is 1.75. The highest BCUT2D eigenvalue weighted by Gasteiger charge is 2.21. The molecule has 1 amide bonds. The highest BCUT2D eigenvalue weighted by Crippen LogP contribution is 2.09. The minimum absolute atomic E-state index is 0.000596. The Bertz CT molecular complexity index is 434. The summed E-state index contributed by atoms with van der Waals surface area (Å²) in [5.74, 6) is -0.000596. The van der Waals surface area contributed by atoms with Crippen molar-refractivity contribution in [2.75, 3.05) is 26.2 Å². The van der Waals surface area contributed by atoms with E-state index >= 15 is 0 Å². The summed E-state index contributed by atoms with van der Waals surface area (Å²) < 4.78 is 5.70. The van der Waals surface area contributed by atoms with Gasteiger partial charge in [-0.25, -0.2) is 0 Å². The van der Waals surface area contributed by atoms with Crippen molar-refractivity contribution in [3.63, 3.8) is 0 Å². The van der Waals surface area contributed by atoms with Crippen LogP contribution in [0.15, 0.2) is 24.3 Å². The standard InChI is InChI=1S/C16H24N2O2/c1-12-4-6-15(7-5-12)16(19)17-8-9-18-10-13(2)20-14(3)11-18/h4-7,13-14H,8-11H2,1-3H3,(H,17,19)/t13-,14?/m0/s1. The molecular weight excluding hydrogens is 252 g/mol. The molecule has 1 aromatic carbocycles. The predicted molar refractivity (Wildman–Crippen MR) is 80.0 cm³/mol. The van der Waals surface area contributed by atoms with Crippen molar-refractivity contribution in [2.45, 2.75) is 33.0 Å². The third-order valence-corrected chi connectivity index (χ3v) is 3.52. The van der Waals surface area contributed by atoms with Gasteiger partial charge in [-0.15, -0.1) is 0 Å². The Labute approximate surface area is 121 Å². The van der Waals surface area contributed by atoms with Crippen LogP contribution < -0.4 is 5.32 Å². The lowest BCUT2D eigenvalue weighted by molar-refractivity contribution is -0.0672. The van der Waals surface area contributed by atoms with E-state index in [2.05, 4.69) is 24.1 Å². The molecule has 2 rings (SSSR count). The van der Waals surface area contributed by atoms with Crippen molar-refractivity contribution < 1.29 is 9.53 Å². The minimum Gasteiger partial charge on any atom is -0.373 e. The molecule has 4 nitrogen and oxygen atoms in total. The van der Waals surface area contributed by atoms with Gasteiger partial charge in [0.25, 0.3) is 5.91 Å². The number of nitrogens with zero attached hydrogens (tertiary/aromatic N) is 1. The van der Waals surface area contributed by atoms with Crippen LogP contribution in [0.25, 0.3) is 0 Å². The summed E-state index contributed by atoms with van der Waals surface area (Å²) in [6, 6.07) is 7.65. The Morgan fingerprint density at radius 1 is 1.25 bits per heavy atom. The Hall–Kier alpha value is -1.39. The van der Waals surface area contributed by atoms with Crippen LogP contribution in [-0.4, -0.2) is 49.2 Å². The molecule has 2 atom stereocenters. The van der Waals surface area contributed by atoms with Gasteiger partial charge in [0.05, 0.1) is 12.2 Å². The summed E-state index contributed by atoms with van der Waals surface area (Å²) in [6.07, 6.45) is 0.540. The van der Waals surface area contributed by atoms with Gasteiger partial charge >= 0.3 is 0 Å². The van der Waals surface area contributed by atoms with Crippen molar-refractivity contribution in [3.8, 4) is 0 Å². The molecule has 1 saturated heterocycles. The Kier molecular flexibility index (Phi) is 5.15. The van der Waals surface area contributed by atoms with E-state index in [9.17, 15) is 4.79 Å². The lowest BCUT2D eigenvalue weighted by Crippen LogP contribution is -2.47. The molecule has 1 unspecified atom stereocenters. The molecule has 0 radical (unpaired) electrons. The van der Waals surface area contributed by atoms with Gasteiger partial charge in [-0.3, -0.25) is 9.69 Å². The number of hydrogen-bond donors (Lipinski definition) is 1. The molecule has 110 valence electrons. The van der Waals surface area contributed by atoms with Crippen LogP contribution in [0.2, 0.25) is 0 Å². The Morgan fingerprint density at radius 3 is 2.45 bits per heavy atom. The van der Waals surface area contributed by atoms with Gasteiger partial charge in [-0.2, -0.15) is 0 Å². The topological polar surface area (TPSA) is 41.6 Å². The lowest BCUT2D eigenvalue weighted by Gasteiger charge is -2.35. The van der Waals surface area contributed by atoms with Gasteiger partial charge < -0.3 is 10.1 Å². The van der Waals surface area contributed by atoms with Crippen LogP contribution in [0.1, 0.15) is 29.8 Å². The van der Waals surface area contributed by atoms with Gasteiger partial charge in [0.1, 0.15) is 0 Å². The summed E-state index contributed by atoms with van der Waals surface area (Å²) in [7, 11) is 0. The second-order valence-electron chi connectivity index (χ2n) is 5.64. The largest absolute Gasteiger partial charge is 0.373 e. The van der Waals surface area contributed by atoms with Crippen molar-refractivity contribution in [2.24, 2.45) is 0 Å². The number of morpholine rings is 1. The second-order valence-corrected chi connectivity index (χ2v) is 5.64. The summed E-state index contributed by atoms with van der Waals surface area (Å²) in [5, 5.41) is 2.97. The first kappa shape index (κ1) is 15.0. The number of aryl methyl sites for hydroxylation is 1. The first-order chi connectivity index (χ1) is 9.54. The van der Waals surface area contributed by atoms with E-state index in [1.165, 1.54) is 0 Å². The smallest absolute Gasteiger partial charge is 0.251 e. The van der Waals surface area contributed by atoms with Crippen molar-refractivity contribution in [1.82, 2.24) is 10.2 Å². The number of carbonyl (C=O) groups excluding carboxylic acids is 1. The zero-order chi connectivity index (χ0) is 14.5. The van der Waals surface area contributed by atoms with Gasteiger partial charge in [0.2, 0.25) is 0 Å². The lowest BCUT2D eigenvalue weighted by atomic mass is 10.1. The third-order valence-electron chi connectivity index (χ3n) is 3.52. The van der Waals surface area contributed by atoms with Crippen molar-refractivity contribution >= 4 is 5.91 Å². The summed E-state index contributed by atoms with van der Waals surface area (Å²) in [5.41, 5.74) is 1.89. The van der Waals surface area contributed by atoms with E-state index in [1.807, 2.05) is 31.2 Å². The molecule has 1 aliphatic heterocycles. The van der Waals surface area contributed by atoms with E-state index in [0.29, 0.717) is 6.54 Å². The first-order valence-corrected chi connectivity index (χ1v) is 7.27. The van der Waals surface area contributed by atoms with E-state index in [-0.39, 0.29) is 18.1 Å². The van der Waals surface area contributed by atoms with Gasteiger partial charge in [0.15, 0.2) is 0 Å². The third kappa shape index (κ3) is 4.32. The monoisotopic (exact) mass is 276 g/mol. The molecule has 1 heterocycles. The second kappa shape index (κ2) is 6.86. The minimum atomic E-state index is -0.000596. The van der Waals surface area contributed by atoms with E-state index < -0.39 is 0 Å². The van der Waals surface area contributed by atoms with Gasteiger partial charge in [0, 0.05) is 31.7 Å². The molecule has 0 aliphatic carbocycles. The molecule has 0 bridgehead atoms. The molecule has 1 aromatic rings. The van der Waals surface area contributed by atoms with Crippen molar-refractivity contribution in [3.05, 3.63) is 35.4 Å². The SMILES string of the molecule is Cc1ccc(C(=O)NCCN2CC(C)O[C@@H](C)C2)cc1. The molecule has 0 spiro atoms. The molecule has 4 heteroatoms. The molecule has 1 fully saturated rings. The number of rotatable bonds is 4. The maximum atomic E-state index is 12.0. The zero-order valence-electron chi connectivity index (χ0n) is 12.6. The number of nitrogens with one attached hydrogen (secondary N) is 1. The van der Waals surface area contributed by atoms with Crippen LogP contribution in [0.5, 0.6) is 0 Å². The average Bonchev–Trinajstić information content (AvgIpc) is 2.38. The van der Waals surface area contributed by atoms with E-state index in [4.69, 9.17) is 4.74 Å². The van der Waals surface area contributed by atoms with E-state index in [1.54, 1.807) is 0 Å². The first-order valence-electron chi connectivity index (χ1n) is 7.27. The number of benzene rings is 1. The maximum absolute atomic E-state index is 12.0. The molecule has 0 saturated carbocycles. The molecule has 20 heavy (non-hydrogen) atoms. The number of amides is 1. The molecular formula is C16H24N2O2. The van der Waals surface area contributed by atoms with Crippen molar-refractivity contribution in [1.29, 1.82) is 0 Å². The van der Waals surface area contributed by atoms with E-state index in [0.717, 1.165) is 30.8 Å². The zero-order valence-corrected chi connectivity index (χ0v) is 12.6. The predicted octanol–water partition coefficient (Wildman–Crippen LogP) is 1.83. The van der Waals surface area contributed by atoms with Gasteiger partial charge in [-0.1, -0.05) is 17.7 Å². The average molecular weight is 276 g/mol. The summed E-state index contributed by atoms with van der Waals surface area (Å²) >= 11 is 0. The molecule has 0 aromatic heterocycles. The summed E-state index contributed by atoms with van der Waals surface area (Å²) in [4.78, 5) is 14.3. The highest BCUT2D eigenvalue weighted by molar-refractivity contribution is 5.94. The number of ether oxygens (including phenoxy) is 1. The Morgan fingerprint density at radius 2 is 1.85 bits per heavy atom. The molecule has 1 aliphatic rings.